The zero-order chi connectivity index (χ0) is 22.2. The molecule has 2 aliphatic carbocycles. The standard InChI is InChI=1S/C21H26ClF2N3O2S2/c1-27(13-21(24)6-7-21)18-5-3-2-4-16(18)26-17-11-15(23)19(10-14(17)22)31(28,29)12-20-25-8-9-30-20/h8-11,16,18,26H,2-7,12-13H2,1H3/t16-,18-/m0/s1. The largest absolute Gasteiger partial charge is 0.379 e. The average molecular weight is 490 g/mol. The Hall–Kier alpha value is -1.29. The van der Waals surface area contributed by atoms with E-state index in [9.17, 15) is 17.2 Å². The summed E-state index contributed by atoms with van der Waals surface area (Å²) in [5.41, 5.74) is -0.715. The molecule has 1 N–H and O–H groups in total. The van der Waals surface area contributed by atoms with Crippen molar-refractivity contribution in [1.82, 2.24) is 9.88 Å². The topological polar surface area (TPSA) is 62.3 Å². The van der Waals surface area contributed by atoms with E-state index >= 15 is 0 Å². The fourth-order valence-electron chi connectivity index (χ4n) is 4.31. The van der Waals surface area contributed by atoms with Crippen LogP contribution in [0.1, 0.15) is 43.5 Å². The summed E-state index contributed by atoms with van der Waals surface area (Å²) in [6, 6.07) is 2.41. The van der Waals surface area contributed by atoms with E-state index in [0.717, 1.165) is 31.7 Å². The number of alkyl halides is 1. The van der Waals surface area contributed by atoms with E-state index in [1.165, 1.54) is 23.6 Å². The Morgan fingerprint density at radius 3 is 2.74 bits per heavy atom. The van der Waals surface area contributed by atoms with E-state index in [2.05, 4.69) is 15.2 Å². The van der Waals surface area contributed by atoms with Gasteiger partial charge in [-0.25, -0.2) is 22.2 Å². The highest BCUT2D eigenvalue weighted by molar-refractivity contribution is 7.90. The van der Waals surface area contributed by atoms with Crippen molar-refractivity contribution in [2.24, 2.45) is 0 Å². The van der Waals surface area contributed by atoms with Crippen molar-refractivity contribution in [3.63, 3.8) is 0 Å². The zero-order valence-corrected chi connectivity index (χ0v) is 19.7. The molecule has 0 saturated heterocycles. The SMILES string of the molecule is CN(CC1(F)CC1)[C@H]1CCCC[C@@H]1Nc1cc(F)c(S(=O)(=O)Cc2nccs2)cc1Cl. The second-order valence-corrected chi connectivity index (χ2v) is 12.0. The number of nitrogens with one attached hydrogen (secondary N) is 1. The van der Waals surface area contributed by atoms with Gasteiger partial charge in [0.05, 0.1) is 10.7 Å². The van der Waals surface area contributed by atoms with Crippen molar-refractivity contribution in [3.8, 4) is 0 Å². The molecule has 2 aromatic rings. The van der Waals surface area contributed by atoms with Crippen molar-refractivity contribution in [2.75, 3.05) is 18.9 Å². The van der Waals surface area contributed by atoms with Gasteiger partial charge in [0.25, 0.3) is 0 Å². The van der Waals surface area contributed by atoms with Gasteiger partial charge in [-0.2, -0.15) is 0 Å². The summed E-state index contributed by atoms with van der Waals surface area (Å²) < 4.78 is 54.4. The maximum absolute atomic E-state index is 14.8. The molecule has 0 spiro atoms. The number of sulfone groups is 1. The van der Waals surface area contributed by atoms with Gasteiger partial charge in [-0.3, -0.25) is 4.90 Å². The van der Waals surface area contributed by atoms with Gasteiger partial charge in [0, 0.05) is 30.2 Å². The highest BCUT2D eigenvalue weighted by Crippen LogP contribution is 2.41. The molecule has 2 atom stereocenters. The first-order chi connectivity index (χ1) is 14.7. The molecular weight excluding hydrogens is 464 g/mol. The van der Waals surface area contributed by atoms with Crippen molar-refractivity contribution in [2.45, 2.75) is 66.9 Å². The number of nitrogens with zero attached hydrogens (tertiary/aromatic N) is 2. The third kappa shape index (κ3) is 5.38. The molecule has 0 aliphatic heterocycles. The number of likely N-dealkylation sites (N-methyl/N-ethyl adjacent to an activating group) is 1. The average Bonchev–Trinajstić information content (AvgIpc) is 3.21. The molecule has 1 heterocycles. The van der Waals surface area contributed by atoms with Gasteiger partial charge >= 0.3 is 0 Å². The van der Waals surface area contributed by atoms with Crippen molar-refractivity contribution in [1.29, 1.82) is 0 Å². The first-order valence-corrected chi connectivity index (χ1v) is 13.3. The van der Waals surface area contributed by atoms with Crippen LogP contribution >= 0.6 is 22.9 Å². The van der Waals surface area contributed by atoms with E-state index in [4.69, 9.17) is 11.6 Å². The van der Waals surface area contributed by atoms with Crippen LogP contribution in [0.4, 0.5) is 14.5 Å². The second-order valence-electron chi connectivity index (χ2n) is 8.62. The highest BCUT2D eigenvalue weighted by atomic mass is 35.5. The van der Waals surface area contributed by atoms with Gasteiger partial charge in [-0.1, -0.05) is 24.4 Å². The first-order valence-electron chi connectivity index (χ1n) is 10.4. The fraction of sp³-hybridized carbons (Fsp3) is 0.571. The Labute approximate surface area is 190 Å². The van der Waals surface area contributed by atoms with Crippen LogP contribution in [-0.4, -0.2) is 49.6 Å². The van der Waals surface area contributed by atoms with Crippen molar-refractivity contribution >= 4 is 38.5 Å². The normalized spacial score (nSPS) is 23.1. The van der Waals surface area contributed by atoms with E-state index in [0.29, 0.717) is 30.1 Å². The van der Waals surface area contributed by atoms with E-state index < -0.39 is 26.2 Å². The Balaban J connectivity index is 1.52. The molecule has 0 unspecified atom stereocenters. The van der Waals surface area contributed by atoms with Crippen LogP contribution < -0.4 is 5.32 Å². The summed E-state index contributed by atoms with van der Waals surface area (Å²) in [5.74, 6) is -1.21. The Morgan fingerprint density at radius 1 is 1.32 bits per heavy atom. The van der Waals surface area contributed by atoms with Crippen LogP contribution in [-0.2, 0) is 15.6 Å². The lowest BCUT2D eigenvalue weighted by molar-refractivity contribution is 0.126. The number of halogens is 3. The number of hydrogen-bond acceptors (Lipinski definition) is 6. The predicted octanol–water partition coefficient (Wildman–Crippen LogP) is 5.07. The molecule has 0 radical (unpaired) electrons. The molecule has 4 rings (SSSR count). The molecule has 31 heavy (non-hydrogen) atoms. The minimum Gasteiger partial charge on any atom is -0.379 e. The lowest BCUT2D eigenvalue weighted by atomic mass is 9.89. The highest BCUT2D eigenvalue weighted by Gasteiger charge is 2.45. The molecular formula is C21H26ClF2N3O2S2. The van der Waals surface area contributed by atoms with Crippen LogP contribution in [0, 0.1) is 5.82 Å². The van der Waals surface area contributed by atoms with Gasteiger partial charge in [-0.15, -0.1) is 11.3 Å². The predicted molar refractivity (Wildman–Crippen MR) is 120 cm³/mol. The van der Waals surface area contributed by atoms with Gasteiger partial charge < -0.3 is 5.32 Å². The Morgan fingerprint density at radius 2 is 2.06 bits per heavy atom. The summed E-state index contributed by atoms with van der Waals surface area (Å²) in [6.07, 6.45) is 6.58. The monoisotopic (exact) mass is 489 g/mol. The molecule has 2 fully saturated rings. The zero-order valence-electron chi connectivity index (χ0n) is 17.3. The summed E-state index contributed by atoms with van der Waals surface area (Å²) in [5, 5.41) is 5.53. The van der Waals surface area contributed by atoms with Gasteiger partial charge in [-0.05, 0) is 44.9 Å². The number of thiazole rings is 1. The van der Waals surface area contributed by atoms with Crippen LogP contribution in [0.25, 0.3) is 0 Å². The number of rotatable bonds is 8. The lowest BCUT2D eigenvalue weighted by Crippen LogP contribution is -2.49. The summed E-state index contributed by atoms with van der Waals surface area (Å²) in [7, 11) is -1.98. The summed E-state index contributed by atoms with van der Waals surface area (Å²) >= 11 is 7.57. The fourth-order valence-corrected chi connectivity index (χ4v) is 6.94. The molecule has 10 heteroatoms. The van der Waals surface area contributed by atoms with E-state index in [1.807, 2.05) is 7.05 Å². The van der Waals surface area contributed by atoms with Crippen LogP contribution in [0.3, 0.4) is 0 Å². The molecule has 1 aromatic heterocycles. The third-order valence-corrected chi connectivity index (χ3v) is 9.03. The maximum atomic E-state index is 14.8. The van der Waals surface area contributed by atoms with Gasteiger partial charge in [0.15, 0.2) is 9.84 Å². The molecule has 5 nitrogen and oxygen atoms in total. The van der Waals surface area contributed by atoms with E-state index in [1.54, 1.807) is 5.38 Å². The number of benzene rings is 1. The Kier molecular flexibility index (Phi) is 6.59. The lowest BCUT2D eigenvalue weighted by Gasteiger charge is -2.39. The molecule has 170 valence electrons. The summed E-state index contributed by atoms with van der Waals surface area (Å²) in [4.78, 5) is 5.60. The van der Waals surface area contributed by atoms with Crippen LogP contribution in [0.5, 0.6) is 0 Å². The van der Waals surface area contributed by atoms with Crippen molar-refractivity contribution < 1.29 is 17.2 Å². The second kappa shape index (κ2) is 8.92. The van der Waals surface area contributed by atoms with Crippen LogP contribution in [0.2, 0.25) is 5.02 Å². The quantitative estimate of drug-likeness (QED) is 0.561. The third-order valence-electron chi connectivity index (χ3n) is 6.12. The smallest absolute Gasteiger partial charge is 0.187 e. The van der Waals surface area contributed by atoms with E-state index in [-0.39, 0.29) is 22.9 Å². The molecule has 0 amide bonds. The Bertz CT molecular complexity index is 1030. The minimum absolute atomic E-state index is 0.0178. The molecule has 1 aromatic carbocycles. The number of anilines is 1. The van der Waals surface area contributed by atoms with Crippen LogP contribution in [0.15, 0.2) is 28.6 Å². The molecule has 2 saturated carbocycles. The first kappa shape index (κ1) is 22.9. The number of hydrogen-bond donors (Lipinski definition) is 1. The van der Waals surface area contributed by atoms with Gasteiger partial charge in [0.2, 0.25) is 0 Å². The molecule has 0 bridgehead atoms. The maximum Gasteiger partial charge on any atom is 0.187 e. The summed E-state index contributed by atoms with van der Waals surface area (Å²) in [6.45, 7) is 0.395. The minimum atomic E-state index is -3.91. The molecule has 2 aliphatic rings. The van der Waals surface area contributed by atoms with Crippen molar-refractivity contribution in [3.05, 3.63) is 39.6 Å². The van der Waals surface area contributed by atoms with Gasteiger partial charge in [0.1, 0.15) is 27.1 Å². The number of aromatic nitrogens is 1.